The Morgan fingerprint density at radius 2 is 2.19 bits per heavy atom. The highest BCUT2D eigenvalue weighted by molar-refractivity contribution is 8.32. The highest BCUT2D eigenvalue weighted by Gasteiger charge is 2.26. The van der Waals surface area contributed by atoms with Crippen LogP contribution >= 0.6 is 0 Å². The van der Waals surface area contributed by atoms with E-state index < -0.39 is 20.4 Å². The molecule has 1 aromatic carbocycles. The maximum atomic E-state index is 11.9. The van der Waals surface area contributed by atoms with E-state index in [0.29, 0.717) is 16.0 Å². The summed E-state index contributed by atoms with van der Waals surface area (Å²) in [5.74, 6) is -1.55. The molecule has 3 nitrogen and oxygen atoms in total. The Morgan fingerprint density at radius 1 is 1.50 bits per heavy atom. The molecule has 0 spiro atoms. The van der Waals surface area contributed by atoms with E-state index >= 15 is 0 Å². The molecule has 0 saturated carbocycles. The van der Waals surface area contributed by atoms with Crippen LogP contribution in [0.4, 0.5) is 0 Å². The summed E-state index contributed by atoms with van der Waals surface area (Å²) in [4.78, 5) is 11.5. The van der Waals surface area contributed by atoms with Crippen LogP contribution in [0.3, 0.4) is 0 Å². The van der Waals surface area contributed by atoms with Gasteiger partial charge in [0.2, 0.25) is 0 Å². The van der Waals surface area contributed by atoms with Gasteiger partial charge >= 0.3 is 5.97 Å². The lowest BCUT2D eigenvalue weighted by atomic mass is 10.0. The van der Waals surface area contributed by atoms with Gasteiger partial charge in [-0.25, -0.2) is 0 Å². The number of fused-ring (bicyclic) bond motifs is 1. The molecular formula is C11H10O3S2. The van der Waals surface area contributed by atoms with Gasteiger partial charge in [-0.3, -0.25) is 9.00 Å². The summed E-state index contributed by atoms with van der Waals surface area (Å²) in [5, 5.41) is 9.01. The zero-order valence-corrected chi connectivity index (χ0v) is 10.2. The molecule has 84 valence electrons. The molecule has 2 unspecified atom stereocenters. The number of carboxylic acids is 1. The lowest BCUT2D eigenvalue weighted by molar-refractivity contribution is -0.137. The van der Waals surface area contributed by atoms with E-state index in [1.807, 2.05) is 0 Å². The van der Waals surface area contributed by atoms with Crippen LogP contribution in [-0.2, 0) is 24.5 Å². The highest BCUT2D eigenvalue weighted by Crippen LogP contribution is 2.34. The fourth-order valence-corrected chi connectivity index (χ4v) is 3.19. The first-order valence-corrected chi connectivity index (χ1v) is 7.54. The molecule has 2 rings (SSSR count). The lowest BCUT2D eigenvalue weighted by Crippen LogP contribution is -2.08. The van der Waals surface area contributed by atoms with Gasteiger partial charge in [0, 0.05) is 11.2 Å². The predicted octanol–water partition coefficient (Wildman–Crippen LogP) is 1.62. The monoisotopic (exact) mass is 254 g/mol. The zero-order valence-electron chi connectivity index (χ0n) is 8.54. The number of carboxylic acid groups (broad SMARTS) is 1. The van der Waals surface area contributed by atoms with E-state index in [1.165, 1.54) is 6.26 Å². The summed E-state index contributed by atoms with van der Waals surface area (Å²) in [5.41, 5.74) is 1.38. The third-order valence-corrected chi connectivity index (χ3v) is 4.25. The molecule has 1 N–H and O–H groups in total. The van der Waals surface area contributed by atoms with Crippen molar-refractivity contribution in [2.45, 2.75) is 10.8 Å². The Labute approximate surface area is 98.5 Å². The van der Waals surface area contributed by atoms with E-state index in [2.05, 4.69) is 0 Å². The van der Waals surface area contributed by atoms with Gasteiger partial charge in [0.15, 0.2) is 0 Å². The van der Waals surface area contributed by atoms with Gasteiger partial charge in [-0.05, 0) is 28.4 Å². The van der Waals surface area contributed by atoms with E-state index in [1.54, 1.807) is 30.4 Å². The molecular weight excluding hydrogens is 244 g/mol. The average Bonchev–Trinajstić information content (AvgIpc) is 2.58. The number of benzene rings is 1. The first-order chi connectivity index (χ1) is 7.41. The Morgan fingerprint density at radius 3 is 2.75 bits per heavy atom. The smallest absolute Gasteiger partial charge is 0.314 e. The normalized spacial score (nSPS) is 21.4. The molecule has 0 fully saturated rings. The van der Waals surface area contributed by atoms with Crippen molar-refractivity contribution in [3.8, 4) is 0 Å². The van der Waals surface area contributed by atoms with Crippen LogP contribution in [0, 0.1) is 0 Å². The van der Waals surface area contributed by atoms with Crippen molar-refractivity contribution in [3.63, 3.8) is 0 Å². The fraction of sp³-hybridized carbons (Fsp3) is 0.182. The number of aliphatic carboxylic acids is 1. The first-order valence-electron chi connectivity index (χ1n) is 4.65. The second-order valence-corrected chi connectivity index (χ2v) is 7.60. The van der Waals surface area contributed by atoms with E-state index in [4.69, 9.17) is 16.3 Å². The maximum Gasteiger partial charge on any atom is 0.314 e. The van der Waals surface area contributed by atoms with E-state index in [0.717, 1.165) is 0 Å². The third-order valence-electron chi connectivity index (χ3n) is 2.56. The molecule has 1 aliphatic carbocycles. The number of carbonyl (C=O) groups is 1. The van der Waals surface area contributed by atoms with Crippen LogP contribution in [0.1, 0.15) is 17.0 Å². The molecule has 0 aliphatic heterocycles. The summed E-state index contributed by atoms with van der Waals surface area (Å²) in [7, 11) is -2.49. The summed E-state index contributed by atoms with van der Waals surface area (Å²) < 4.78 is 11.9. The second kappa shape index (κ2) is 3.68. The molecule has 0 radical (unpaired) electrons. The Kier molecular flexibility index (Phi) is 2.59. The zero-order chi connectivity index (χ0) is 11.9. The molecule has 5 heteroatoms. The van der Waals surface area contributed by atoms with Crippen molar-refractivity contribution >= 4 is 31.7 Å². The standard InChI is InChI=1S/C11H10O3S2/c1-16(14,15)10-4-2-3-7-8(10)5-6-9(7)11(12)13/h2-6,9H,1H3,(H,12,13). The quantitative estimate of drug-likeness (QED) is 0.871. The summed E-state index contributed by atoms with van der Waals surface area (Å²) in [6, 6.07) is 5.13. The minimum absolute atomic E-state index is 0.556. The number of hydrogen-bond donors (Lipinski definition) is 1. The van der Waals surface area contributed by atoms with Gasteiger partial charge in [0.1, 0.15) is 5.92 Å². The molecule has 0 bridgehead atoms. The van der Waals surface area contributed by atoms with Crippen LogP contribution in [0.5, 0.6) is 0 Å². The molecule has 16 heavy (non-hydrogen) atoms. The number of hydrogen-bond acceptors (Lipinski definition) is 3. The van der Waals surface area contributed by atoms with Gasteiger partial charge in [0.05, 0.1) is 8.49 Å². The molecule has 0 aromatic heterocycles. The van der Waals surface area contributed by atoms with Crippen molar-refractivity contribution in [2.24, 2.45) is 0 Å². The van der Waals surface area contributed by atoms with Gasteiger partial charge in [-0.15, -0.1) is 0 Å². The van der Waals surface area contributed by atoms with Crippen LogP contribution in [0.2, 0.25) is 0 Å². The number of rotatable bonds is 2. The fourth-order valence-electron chi connectivity index (χ4n) is 1.85. The summed E-state index contributed by atoms with van der Waals surface area (Å²) >= 11 is 4.94. The SMILES string of the molecule is CS(=O)(=S)c1cccc2c1C=CC2C(=O)O. The molecule has 2 atom stereocenters. The highest BCUT2D eigenvalue weighted by atomic mass is 32.8. The summed E-state index contributed by atoms with van der Waals surface area (Å²) in [6.45, 7) is 0. The Balaban J connectivity index is 2.66. The Hall–Kier alpha value is -1.20. The largest absolute Gasteiger partial charge is 0.481 e. The second-order valence-electron chi connectivity index (χ2n) is 3.71. The Bertz CT molecular complexity index is 585. The third kappa shape index (κ3) is 1.76. The molecule has 1 aliphatic rings. The van der Waals surface area contributed by atoms with Crippen molar-refractivity contribution in [1.29, 1.82) is 0 Å². The van der Waals surface area contributed by atoms with Crippen LogP contribution in [-0.4, -0.2) is 21.5 Å². The lowest BCUT2D eigenvalue weighted by Gasteiger charge is -2.09. The average molecular weight is 254 g/mol. The minimum atomic E-state index is -2.49. The molecule has 1 aromatic rings. The topological polar surface area (TPSA) is 54.4 Å². The first kappa shape index (κ1) is 11.3. The van der Waals surface area contributed by atoms with Gasteiger partial charge in [0.25, 0.3) is 0 Å². The predicted molar refractivity (Wildman–Crippen MR) is 65.6 cm³/mol. The van der Waals surface area contributed by atoms with Crippen LogP contribution < -0.4 is 0 Å². The summed E-state index contributed by atoms with van der Waals surface area (Å²) in [6.07, 6.45) is 4.77. The molecule has 0 heterocycles. The molecule has 0 saturated heterocycles. The van der Waals surface area contributed by atoms with Gasteiger partial charge in [-0.1, -0.05) is 24.3 Å². The van der Waals surface area contributed by atoms with Crippen LogP contribution in [0.15, 0.2) is 29.2 Å². The minimum Gasteiger partial charge on any atom is -0.481 e. The molecule has 0 amide bonds. The van der Waals surface area contributed by atoms with Gasteiger partial charge in [-0.2, -0.15) is 0 Å². The maximum absolute atomic E-state index is 11.9. The van der Waals surface area contributed by atoms with Crippen molar-refractivity contribution in [1.82, 2.24) is 0 Å². The van der Waals surface area contributed by atoms with E-state index in [9.17, 15) is 9.00 Å². The van der Waals surface area contributed by atoms with Gasteiger partial charge < -0.3 is 5.11 Å². The van der Waals surface area contributed by atoms with Crippen molar-refractivity contribution in [3.05, 3.63) is 35.4 Å². The van der Waals surface area contributed by atoms with E-state index in [-0.39, 0.29) is 0 Å². The van der Waals surface area contributed by atoms with Crippen molar-refractivity contribution < 1.29 is 14.1 Å². The van der Waals surface area contributed by atoms with Crippen LogP contribution in [0.25, 0.3) is 6.08 Å². The van der Waals surface area contributed by atoms with Crippen molar-refractivity contribution in [2.75, 3.05) is 6.26 Å².